The summed E-state index contributed by atoms with van der Waals surface area (Å²) in [6.07, 6.45) is 3.58. The Morgan fingerprint density at radius 2 is 2.25 bits per heavy atom. The van der Waals surface area contributed by atoms with Gasteiger partial charge in [0.25, 0.3) is 0 Å². The zero-order valence-electron chi connectivity index (χ0n) is 8.90. The summed E-state index contributed by atoms with van der Waals surface area (Å²) in [6.45, 7) is 0.830. The molecule has 1 amide bonds. The maximum Gasteiger partial charge on any atom is 0.245 e. The molecule has 1 aromatic heterocycles. The Labute approximate surface area is 92.8 Å². The van der Waals surface area contributed by atoms with Crippen molar-refractivity contribution in [3.8, 4) is 0 Å². The van der Waals surface area contributed by atoms with Gasteiger partial charge in [0.2, 0.25) is 11.8 Å². The number of nitrogens with one attached hydrogen (secondary N) is 2. The summed E-state index contributed by atoms with van der Waals surface area (Å²) < 4.78 is 5.22. The van der Waals surface area contributed by atoms with Crippen LogP contribution in [0, 0.1) is 0 Å². The van der Waals surface area contributed by atoms with Gasteiger partial charge in [-0.2, -0.15) is 4.98 Å². The number of carbonyl (C=O) groups is 1. The Morgan fingerprint density at radius 1 is 1.38 bits per heavy atom. The van der Waals surface area contributed by atoms with Crippen LogP contribution in [0.4, 0.5) is 0 Å². The minimum absolute atomic E-state index is 0.00924. The van der Waals surface area contributed by atoms with Gasteiger partial charge in [0.05, 0.1) is 6.54 Å². The second-order valence-electron chi connectivity index (χ2n) is 4.36. The lowest BCUT2D eigenvalue weighted by atomic mass is 9.85. The molecule has 1 aromatic rings. The van der Waals surface area contributed by atoms with Crippen molar-refractivity contribution in [1.82, 2.24) is 20.8 Å². The number of hydrogen-bond acceptors (Lipinski definition) is 5. The summed E-state index contributed by atoms with van der Waals surface area (Å²) >= 11 is 0. The zero-order chi connectivity index (χ0) is 11.0. The van der Waals surface area contributed by atoms with E-state index in [9.17, 15) is 4.79 Å². The van der Waals surface area contributed by atoms with E-state index in [1.165, 1.54) is 6.42 Å². The van der Waals surface area contributed by atoms with Crippen molar-refractivity contribution in [3.05, 3.63) is 11.7 Å². The molecule has 16 heavy (non-hydrogen) atoms. The minimum Gasteiger partial charge on any atom is -0.353 e. The first-order valence-electron chi connectivity index (χ1n) is 5.66. The van der Waals surface area contributed by atoms with E-state index in [0.717, 1.165) is 18.7 Å². The van der Waals surface area contributed by atoms with Crippen LogP contribution >= 0.6 is 0 Å². The Morgan fingerprint density at radius 3 is 2.88 bits per heavy atom. The number of piperazine rings is 1. The number of hydrogen-bond donors (Lipinski definition) is 2. The van der Waals surface area contributed by atoms with Crippen molar-refractivity contribution in [1.29, 1.82) is 0 Å². The van der Waals surface area contributed by atoms with E-state index in [1.807, 2.05) is 0 Å². The molecule has 2 heterocycles. The molecule has 86 valence electrons. The van der Waals surface area contributed by atoms with Gasteiger partial charge in [0.1, 0.15) is 6.04 Å². The molecule has 1 saturated carbocycles. The number of rotatable bonds is 2. The second-order valence-corrected chi connectivity index (χ2v) is 4.36. The molecule has 6 nitrogen and oxygen atoms in total. The maximum absolute atomic E-state index is 11.0. The number of nitrogens with zero attached hydrogens (tertiary/aromatic N) is 2. The first-order chi connectivity index (χ1) is 7.83. The van der Waals surface area contributed by atoms with E-state index >= 15 is 0 Å². The fourth-order valence-corrected chi connectivity index (χ4v) is 1.96. The van der Waals surface area contributed by atoms with Crippen LogP contribution in [0.15, 0.2) is 4.52 Å². The van der Waals surface area contributed by atoms with Crippen LogP contribution in [0.5, 0.6) is 0 Å². The smallest absolute Gasteiger partial charge is 0.245 e. The van der Waals surface area contributed by atoms with Gasteiger partial charge in [0, 0.05) is 12.5 Å². The van der Waals surface area contributed by atoms with Gasteiger partial charge < -0.3 is 9.84 Å². The lowest BCUT2D eigenvalue weighted by molar-refractivity contribution is -0.121. The molecule has 1 atom stereocenters. The summed E-state index contributed by atoms with van der Waals surface area (Å²) in [5.74, 6) is 1.90. The van der Waals surface area contributed by atoms with Crippen LogP contribution < -0.4 is 10.6 Å². The Hall–Kier alpha value is -1.43. The molecule has 0 bridgehead atoms. The van der Waals surface area contributed by atoms with E-state index in [0.29, 0.717) is 24.9 Å². The van der Waals surface area contributed by atoms with Crippen LogP contribution in [0.25, 0.3) is 0 Å². The third-order valence-corrected chi connectivity index (χ3v) is 3.24. The molecule has 1 unspecified atom stereocenters. The SMILES string of the molecule is O=C1CNC(c2nc(C3CCC3)no2)CN1. The molecule has 0 aromatic carbocycles. The summed E-state index contributed by atoms with van der Waals surface area (Å²) in [5, 5.41) is 9.83. The van der Waals surface area contributed by atoms with Gasteiger partial charge in [-0.1, -0.05) is 11.6 Å². The van der Waals surface area contributed by atoms with Crippen LogP contribution in [0.3, 0.4) is 0 Å². The van der Waals surface area contributed by atoms with Gasteiger partial charge >= 0.3 is 0 Å². The van der Waals surface area contributed by atoms with E-state index in [4.69, 9.17) is 4.52 Å². The summed E-state index contributed by atoms with van der Waals surface area (Å²) in [4.78, 5) is 15.4. The summed E-state index contributed by atoms with van der Waals surface area (Å²) in [5.41, 5.74) is 0. The van der Waals surface area contributed by atoms with Gasteiger partial charge in [-0.25, -0.2) is 0 Å². The average Bonchev–Trinajstić information content (AvgIpc) is 2.65. The van der Waals surface area contributed by atoms with Crippen molar-refractivity contribution < 1.29 is 9.32 Å². The third kappa shape index (κ3) is 1.69. The third-order valence-electron chi connectivity index (χ3n) is 3.24. The van der Waals surface area contributed by atoms with E-state index in [2.05, 4.69) is 20.8 Å². The highest BCUT2D eigenvalue weighted by Crippen LogP contribution is 2.34. The fourth-order valence-electron chi connectivity index (χ4n) is 1.96. The average molecular weight is 222 g/mol. The number of aromatic nitrogens is 2. The molecule has 6 heteroatoms. The molecule has 2 fully saturated rings. The lowest BCUT2D eigenvalue weighted by Crippen LogP contribution is -2.47. The second kappa shape index (κ2) is 3.86. The van der Waals surface area contributed by atoms with Gasteiger partial charge in [-0.15, -0.1) is 0 Å². The van der Waals surface area contributed by atoms with Crippen LogP contribution in [0.1, 0.15) is 42.9 Å². The predicted molar refractivity (Wildman–Crippen MR) is 54.6 cm³/mol. The van der Waals surface area contributed by atoms with E-state index < -0.39 is 0 Å². The molecular weight excluding hydrogens is 208 g/mol. The zero-order valence-corrected chi connectivity index (χ0v) is 8.90. The molecule has 2 aliphatic rings. The van der Waals surface area contributed by atoms with Crippen molar-refractivity contribution in [2.24, 2.45) is 0 Å². The van der Waals surface area contributed by atoms with Crippen molar-refractivity contribution in [2.45, 2.75) is 31.2 Å². The van der Waals surface area contributed by atoms with Crippen LogP contribution in [-0.2, 0) is 4.79 Å². The lowest BCUT2D eigenvalue weighted by Gasteiger charge is -2.22. The Balaban J connectivity index is 1.69. The molecule has 1 aliphatic carbocycles. The maximum atomic E-state index is 11.0. The monoisotopic (exact) mass is 222 g/mol. The Bertz CT molecular complexity index is 389. The quantitative estimate of drug-likeness (QED) is 0.741. The molecule has 0 radical (unpaired) electrons. The summed E-state index contributed by atoms with van der Waals surface area (Å²) in [7, 11) is 0. The largest absolute Gasteiger partial charge is 0.353 e. The van der Waals surface area contributed by atoms with Gasteiger partial charge in [0.15, 0.2) is 5.82 Å². The molecule has 1 aliphatic heterocycles. The minimum atomic E-state index is -0.0426. The molecule has 3 rings (SSSR count). The highest BCUT2D eigenvalue weighted by molar-refractivity contribution is 5.78. The van der Waals surface area contributed by atoms with Crippen LogP contribution in [-0.4, -0.2) is 29.1 Å². The van der Waals surface area contributed by atoms with Crippen molar-refractivity contribution >= 4 is 5.91 Å². The first-order valence-corrected chi connectivity index (χ1v) is 5.66. The molecule has 0 spiro atoms. The standard InChI is InChI=1S/C10H14N4O2/c15-8-5-11-7(4-12-8)10-13-9(14-16-10)6-2-1-3-6/h6-7,11H,1-5H2,(H,12,15). The number of amides is 1. The number of carbonyl (C=O) groups excluding carboxylic acids is 1. The molecule has 1 saturated heterocycles. The highest BCUT2D eigenvalue weighted by atomic mass is 16.5. The normalized spacial score (nSPS) is 26.2. The Kier molecular flexibility index (Phi) is 2.36. The summed E-state index contributed by atoms with van der Waals surface area (Å²) in [6, 6.07) is -0.0426. The van der Waals surface area contributed by atoms with E-state index in [1.54, 1.807) is 0 Å². The van der Waals surface area contributed by atoms with Gasteiger partial charge in [-0.3, -0.25) is 10.1 Å². The fraction of sp³-hybridized carbons (Fsp3) is 0.700. The van der Waals surface area contributed by atoms with Gasteiger partial charge in [-0.05, 0) is 12.8 Å². The van der Waals surface area contributed by atoms with E-state index in [-0.39, 0.29) is 11.9 Å². The predicted octanol–water partition coefficient (Wildman–Crippen LogP) is 0.0976. The van der Waals surface area contributed by atoms with Crippen molar-refractivity contribution in [3.63, 3.8) is 0 Å². The molecular formula is C10H14N4O2. The van der Waals surface area contributed by atoms with Crippen molar-refractivity contribution in [2.75, 3.05) is 13.1 Å². The highest BCUT2D eigenvalue weighted by Gasteiger charge is 2.28. The molecule has 2 N–H and O–H groups in total. The topological polar surface area (TPSA) is 80.1 Å². The first kappa shape index (κ1) is 9.77. The van der Waals surface area contributed by atoms with Crippen LogP contribution in [0.2, 0.25) is 0 Å².